The quantitative estimate of drug-likeness (QED) is 0.556. The van der Waals surface area contributed by atoms with Crippen LogP contribution in [0.25, 0.3) is 10.9 Å². The van der Waals surface area contributed by atoms with Gasteiger partial charge in [-0.25, -0.2) is 4.98 Å². The first-order chi connectivity index (χ1) is 13.1. The predicted octanol–water partition coefficient (Wildman–Crippen LogP) is 4.38. The predicted molar refractivity (Wildman–Crippen MR) is 108 cm³/mol. The van der Waals surface area contributed by atoms with E-state index in [4.69, 9.17) is 21.1 Å². The number of aryl methyl sites for hydroxylation is 1. The van der Waals surface area contributed by atoms with Crippen LogP contribution in [0.3, 0.4) is 0 Å². The number of halogens is 2. The van der Waals surface area contributed by atoms with E-state index in [0.717, 1.165) is 10.9 Å². The number of benzene rings is 2. The van der Waals surface area contributed by atoms with E-state index in [1.54, 1.807) is 18.2 Å². The van der Waals surface area contributed by atoms with Gasteiger partial charge in [-0.15, -0.1) is 0 Å². The van der Waals surface area contributed by atoms with Crippen LogP contribution >= 0.6 is 27.5 Å². The maximum absolute atomic E-state index is 13.0. The van der Waals surface area contributed by atoms with E-state index in [1.807, 2.05) is 19.1 Å². The van der Waals surface area contributed by atoms with Crippen molar-refractivity contribution in [2.45, 2.75) is 19.8 Å². The molecule has 8 heteroatoms. The van der Waals surface area contributed by atoms with E-state index in [0.29, 0.717) is 45.2 Å². The molecule has 0 aliphatic carbocycles. The van der Waals surface area contributed by atoms with Crippen molar-refractivity contribution in [3.05, 3.63) is 61.6 Å². The molecule has 0 spiro atoms. The van der Waals surface area contributed by atoms with Crippen molar-refractivity contribution in [3.8, 4) is 11.5 Å². The van der Waals surface area contributed by atoms with Crippen molar-refractivity contribution in [2.75, 3.05) is 6.79 Å². The van der Waals surface area contributed by atoms with E-state index in [2.05, 4.69) is 26.0 Å². The van der Waals surface area contributed by atoms with Gasteiger partial charge < -0.3 is 9.47 Å². The second-order valence-electron chi connectivity index (χ2n) is 6.03. The molecular formula is C19H15BrClN3O3. The Morgan fingerprint density at radius 1 is 1.30 bits per heavy atom. The molecule has 0 unspecified atom stereocenters. The van der Waals surface area contributed by atoms with Crippen molar-refractivity contribution < 1.29 is 9.47 Å². The summed E-state index contributed by atoms with van der Waals surface area (Å²) in [5.74, 6) is 1.80. The molecule has 1 aliphatic heterocycles. The summed E-state index contributed by atoms with van der Waals surface area (Å²) in [5.41, 5.74) is 1.06. The summed E-state index contributed by atoms with van der Waals surface area (Å²) in [5, 5.41) is 5.34. The molecule has 0 radical (unpaired) electrons. The Kier molecular flexibility index (Phi) is 4.88. The van der Waals surface area contributed by atoms with Gasteiger partial charge >= 0.3 is 0 Å². The van der Waals surface area contributed by atoms with Gasteiger partial charge in [-0.1, -0.05) is 34.5 Å². The van der Waals surface area contributed by atoms with Crippen LogP contribution in [0.2, 0.25) is 5.02 Å². The largest absolute Gasteiger partial charge is 0.454 e. The summed E-state index contributed by atoms with van der Waals surface area (Å²) in [6, 6.07) is 8.85. The molecule has 138 valence electrons. The van der Waals surface area contributed by atoms with Gasteiger partial charge in [-0.05, 0) is 30.7 Å². The van der Waals surface area contributed by atoms with Crippen molar-refractivity contribution in [3.63, 3.8) is 0 Å². The number of nitrogens with zero attached hydrogens (tertiary/aromatic N) is 3. The maximum Gasteiger partial charge on any atom is 0.282 e. The molecule has 0 saturated carbocycles. The zero-order valence-electron chi connectivity index (χ0n) is 14.4. The Morgan fingerprint density at radius 2 is 2.07 bits per heavy atom. The van der Waals surface area contributed by atoms with Gasteiger partial charge in [0.2, 0.25) is 6.79 Å². The third-order valence-corrected chi connectivity index (χ3v) is 4.97. The molecule has 0 N–H and O–H groups in total. The summed E-state index contributed by atoms with van der Waals surface area (Å²) in [4.78, 5) is 17.6. The number of ether oxygens (including phenoxy) is 2. The average Bonchev–Trinajstić information content (AvgIpc) is 3.09. The lowest BCUT2D eigenvalue weighted by Crippen LogP contribution is -2.22. The fraction of sp³-hybridized carbons (Fsp3) is 0.211. The molecule has 4 rings (SSSR count). The molecule has 6 nitrogen and oxygen atoms in total. The first-order valence-corrected chi connectivity index (χ1v) is 9.58. The van der Waals surface area contributed by atoms with E-state index in [9.17, 15) is 4.79 Å². The molecule has 2 heterocycles. The Balaban J connectivity index is 1.83. The van der Waals surface area contributed by atoms with E-state index >= 15 is 0 Å². The molecule has 3 aromatic rings. The Hall–Kier alpha value is -2.38. The van der Waals surface area contributed by atoms with Crippen LogP contribution in [0.4, 0.5) is 0 Å². The third-order valence-electron chi connectivity index (χ3n) is 4.15. The van der Waals surface area contributed by atoms with Crippen LogP contribution in [-0.4, -0.2) is 22.7 Å². The highest BCUT2D eigenvalue weighted by molar-refractivity contribution is 9.10. The maximum atomic E-state index is 13.0. The molecule has 1 aliphatic rings. The van der Waals surface area contributed by atoms with Crippen LogP contribution in [0.1, 0.15) is 24.7 Å². The van der Waals surface area contributed by atoms with E-state index in [1.165, 1.54) is 10.9 Å². The van der Waals surface area contributed by atoms with Gasteiger partial charge in [0.15, 0.2) is 11.5 Å². The fourth-order valence-corrected chi connectivity index (χ4v) is 3.41. The van der Waals surface area contributed by atoms with Gasteiger partial charge in [-0.2, -0.15) is 9.78 Å². The standard InChI is InChI=1S/C19H15BrClN3O3/c1-2-3-18-23-15-5-4-12(20)7-13(15)19(25)24(18)22-9-11-6-16-17(8-14(11)21)27-10-26-16/h4-9H,2-3,10H2,1H3. The van der Waals surface area contributed by atoms with Gasteiger partial charge in [-0.3, -0.25) is 4.79 Å². The lowest BCUT2D eigenvalue weighted by Gasteiger charge is -2.09. The summed E-state index contributed by atoms with van der Waals surface area (Å²) in [6.45, 7) is 2.19. The first-order valence-electron chi connectivity index (χ1n) is 8.41. The Labute approximate surface area is 168 Å². The van der Waals surface area contributed by atoms with Crippen LogP contribution in [0.15, 0.2) is 44.7 Å². The minimum atomic E-state index is -0.224. The number of fused-ring (bicyclic) bond motifs is 2. The molecule has 0 amide bonds. The van der Waals surface area contributed by atoms with Gasteiger partial charge in [0.25, 0.3) is 5.56 Å². The monoisotopic (exact) mass is 447 g/mol. The molecule has 0 saturated heterocycles. The van der Waals surface area contributed by atoms with Crippen molar-refractivity contribution in [1.82, 2.24) is 9.66 Å². The minimum absolute atomic E-state index is 0.163. The molecule has 1 aromatic heterocycles. The molecule has 0 bridgehead atoms. The zero-order valence-corrected chi connectivity index (χ0v) is 16.7. The van der Waals surface area contributed by atoms with Gasteiger partial charge in [0.1, 0.15) is 5.82 Å². The highest BCUT2D eigenvalue weighted by Crippen LogP contribution is 2.36. The molecule has 27 heavy (non-hydrogen) atoms. The van der Waals surface area contributed by atoms with Crippen molar-refractivity contribution in [1.29, 1.82) is 0 Å². The second-order valence-corrected chi connectivity index (χ2v) is 7.35. The van der Waals surface area contributed by atoms with Gasteiger partial charge in [0, 0.05) is 22.5 Å². The molecule has 2 aromatic carbocycles. The van der Waals surface area contributed by atoms with Crippen molar-refractivity contribution >= 4 is 44.6 Å². The highest BCUT2D eigenvalue weighted by atomic mass is 79.9. The van der Waals surface area contributed by atoms with E-state index < -0.39 is 0 Å². The number of hydrogen-bond donors (Lipinski definition) is 0. The van der Waals surface area contributed by atoms with Crippen LogP contribution < -0.4 is 15.0 Å². The summed E-state index contributed by atoms with van der Waals surface area (Å²) >= 11 is 9.69. The Bertz CT molecular complexity index is 1130. The Morgan fingerprint density at radius 3 is 2.85 bits per heavy atom. The topological polar surface area (TPSA) is 65.7 Å². The highest BCUT2D eigenvalue weighted by Gasteiger charge is 2.16. The first kappa shape index (κ1) is 18.0. The smallest absolute Gasteiger partial charge is 0.282 e. The average molecular weight is 449 g/mol. The third kappa shape index (κ3) is 3.44. The number of rotatable bonds is 4. The zero-order chi connectivity index (χ0) is 19.0. The van der Waals surface area contributed by atoms with E-state index in [-0.39, 0.29) is 12.4 Å². The van der Waals surface area contributed by atoms with Crippen LogP contribution in [-0.2, 0) is 6.42 Å². The minimum Gasteiger partial charge on any atom is -0.454 e. The molecular weight excluding hydrogens is 434 g/mol. The second kappa shape index (κ2) is 7.32. The lowest BCUT2D eigenvalue weighted by atomic mass is 10.2. The number of aromatic nitrogens is 2. The molecule has 0 atom stereocenters. The van der Waals surface area contributed by atoms with Crippen LogP contribution in [0, 0.1) is 0 Å². The fourth-order valence-electron chi connectivity index (χ4n) is 2.85. The van der Waals surface area contributed by atoms with Crippen LogP contribution in [0.5, 0.6) is 11.5 Å². The van der Waals surface area contributed by atoms with Crippen molar-refractivity contribution in [2.24, 2.45) is 5.10 Å². The summed E-state index contributed by atoms with van der Waals surface area (Å²) in [6.07, 6.45) is 3.01. The SMILES string of the molecule is CCCc1nc2ccc(Br)cc2c(=O)n1N=Cc1cc2c(cc1Cl)OCO2. The lowest BCUT2D eigenvalue weighted by molar-refractivity contribution is 0.174. The van der Waals surface area contributed by atoms with Gasteiger partial charge in [0.05, 0.1) is 22.1 Å². The summed E-state index contributed by atoms with van der Waals surface area (Å²) in [7, 11) is 0. The number of hydrogen-bond acceptors (Lipinski definition) is 5. The summed E-state index contributed by atoms with van der Waals surface area (Å²) < 4.78 is 12.8. The molecule has 0 fully saturated rings. The normalized spacial score (nSPS) is 13.0.